The molecule has 2 aromatic rings. The van der Waals surface area contributed by atoms with Gasteiger partial charge in [-0.2, -0.15) is 5.10 Å². The fourth-order valence-electron chi connectivity index (χ4n) is 3.43. The second kappa shape index (κ2) is 9.75. The monoisotopic (exact) mass is 412 g/mol. The fourth-order valence-corrected chi connectivity index (χ4v) is 3.43. The van der Waals surface area contributed by atoms with E-state index in [9.17, 15) is 9.90 Å². The first-order valence-corrected chi connectivity index (χ1v) is 10.5. The van der Waals surface area contributed by atoms with E-state index in [0.29, 0.717) is 25.5 Å². The van der Waals surface area contributed by atoms with Gasteiger partial charge in [0.1, 0.15) is 5.60 Å². The van der Waals surface area contributed by atoms with Crippen LogP contribution in [0, 0.1) is 0 Å². The quantitative estimate of drug-likeness (QED) is 0.477. The standard InChI is InChI=1S/C22H32N6O2/c1-4-23-21(25-16-22(2,30)18-14-26-27(3)15-18)24-13-17-8-10-19(11-9-17)28-12-6-5-7-20(28)29/h8-11,14-15,30H,4-7,12-13,16H2,1-3H3,(H2,23,24,25). The number of hydrogen-bond donors (Lipinski definition) is 3. The van der Waals surface area contributed by atoms with E-state index in [4.69, 9.17) is 0 Å². The number of carbonyl (C=O) groups is 1. The summed E-state index contributed by atoms with van der Waals surface area (Å²) in [6, 6.07) is 8.00. The lowest BCUT2D eigenvalue weighted by Crippen LogP contribution is -2.44. The van der Waals surface area contributed by atoms with Crippen LogP contribution in [0.15, 0.2) is 41.7 Å². The normalized spacial score (nSPS) is 17.0. The molecular weight excluding hydrogens is 380 g/mol. The summed E-state index contributed by atoms with van der Waals surface area (Å²) in [5.74, 6) is 0.836. The average molecular weight is 413 g/mol. The van der Waals surface area contributed by atoms with Gasteiger partial charge in [0.25, 0.3) is 0 Å². The third-order valence-corrected chi connectivity index (χ3v) is 5.26. The smallest absolute Gasteiger partial charge is 0.226 e. The van der Waals surface area contributed by atoms with Gasteiger partial charge < -0.3 is 20.6 Å². The molecule has 1 unspecified atom stereocenters. The number of rotatable bonds is 7. The Morgan fingerprint density at radius 2 is 2.03 bits per heavy atom. The number of amides is 1. The minimum atomic E-state index is -1.06. The van der Waals surface area contributed by atoms with Crippen molar-refractivity contribution in [3.05, 3.63) is 47.8 Å². The Balaban J connectivity index is 1.60. The van der Waals surface area contributed by atoms with Gasteiger partial charge >= 0.3 is 0 Å². The van der Waals surface area contributed by atoms with Gasteiger partial charge in [-0.25, -0.2) is 4.99 Å². The van der Waals surface area contributed by atoms with E-state index in [0.717, 1.165) is 42.7 Å². The number of carbonyl (C=O) groups excluding carboxylic acids is 1. The van der Waals surface area contributed by atoms with Gasteiger partial charge in [0.2, 0.25) is 5.91 Å². The first-order valence-electron chi connectivity index (χ1n) is 10.5. The molecule has 0 spiro atoms. The summed E-state index contributed by atoms with van der Waals surface area (Å²) >= 11 is 0. The minimum Gasteiger partial charge on any atom is -0.383 e. The summed E-state index contributed by atoms with van der Waals surface area (Å²) in [4.78, 5) is 18.6. The minimum absolute atomic E-state index is 0.200. The summed E-state index contributed by atoms with van der Waals surface area (Å²) in [5, 5.41) is 21.3. The zero-order chi connectivity index (χ0) is 21.6. The summed E-state index contributed by atoms with van der Waals surface area (Å²) in [7, 11) is 1.82. The molecule has 3 N–H and O–H groups in total. The zero-order valence-electron chi connectivity index (χ0n) is 18.1. The SMILES string of the molecule is CCNC(=NCc1ccc(N2CCCCC2=O)cc1)NCC(C)(O)c1cnn(C)c1. The molecule has 3 rings (SSSR count). The summed E-state index contributed by atoms with van der Waals surface area (Å²) < 4.78 is 1.67. The number of nitrogens with one attached hydrogen (secondary N) is 2. The Morgan fingerprint density at radius 1 is 1.27 bits per heavy atom. The van der Waals surface area contributed by atoms with Crippen molar-refractivity contribution in [3.63, 3.8) is 0 Å². The Morgan fingerprint density at radius 3 is 2.67 bits per heavy atom. The van der Waals surface area contributed by atoms with Gasteiger partial charge in [-0.3, -0.25) is 9.48 Å². The number of anilines is 1. The summed E-state index contributed by atoms with van der Waals surface area (Å²) in [6.45, 7) is 6.07. The van der Waals surface area contributed by atoms with Crippen LogP contribution in [-0.4, -0.2) is 46.4 Å². The molecule has 8 nitrogen and oxygen atoms in total. The van der Waals surface area contributed by atoms with Crippen molar-refractivity contribution in [2.24, 2.45) is 12.0 Å². The first-order chi connectivity index (χ1) is 14.4. The molecule has 0 bridgehead atoms. The maximum Gasteiger partial charge on any atom is 0.226 e. The van der Waals surface area contributed by atoms with Gasteiger partial charge in [-0.05, 0) is 44.4 Å². The molecule has 0 aliphatic carbocycles. The number of nitrogens with zero attached hydrogens (tertiary/aromatic N) is 4. The lowest BCUT2D eigenvalue weighted by atomic mass is 10.00. The largest absolute Gasteiger partial charge is 0.383 e. The molecule has 2 heterocycles. The Hall–Kier alpha value is -2.87. The van der Waals surface area contributed by atoms with Crippen molar-refractivity contribution in [2.45, 2.75) is 45.3 Å². The number of aliphatic hydroxyl groups is 1. The van der Waals surface area contributed by atoms with Crippen molar-refractivity contribution >= 4 is 17.6 Å². The number of aliphatic imine (C=N–C) groups is 1. The van der Waals surface area contributed by atoms with E-state index in [1.165, 1.54) is 0 Å². The van der Waals surface area contributed by atoms with E-state index in [2.05, 4.69) is 20.7 Å². The number of piperidine rings is 1. The van der Waals surface area contributed by atoms with Crippen molar-refractivity contribution < 1.29 is 9.90 Å². The molecule has 0 saturated carbocycles. The number of aryl methyl sites for hydroxylation is 1. The highest BCUT2D eigenvalue weighted by Crippen LogP contribution is 2.21. The number of aromatic nitrogens is 2. The maximum atomic E-state index is 12.1. The van der Waals surface area contributed by atoms with Crippen LogP contribution in [0.1, 0.15) is 44.2 Å². The van der Waals surface area contributed by atoms with Crippen LogP contribution < -0.4 is 15.5 Å². The van der Waals surface area contributed by atoms with Crippen molar-refractivity contribution in [1.82, 2.24) is 20.4 Å². The Bertz CT molecular complexity index is 872. The Labute approximate surface area is 178 Å². The molecule has 1 fully saturated rings. The zero-order valence-corrected chi connectivity index (χ0v) is 18.1. The molecule has 30 heavy (non-hydrogen) atoms. The molecule has 8 heteroatoms. The van der Waals surface area contributed by atoms with Crippen molar-refractivity contribution in [1.29, 1.82) is 0 Å². The molecule has 1 aliphatic heterocycles. The van der Waals surface area contributed by atoms with Crippen LogP contribution in [0.4, 0.5) is 5.69 Å². The van der Waals surface area contributed by atoms with E-state index < -0.39 is 5.60 Å². The van der Waals surface area contributed by atoms with Crippen molar-refractivity contribution in [2.75, 3.05) is 24.5 Å². The van der Waals surface area contributed by atoms with Gasteiger partial charge in [0, 0.05) is 44.0 Å². The molecule has 1 aromatic carbocycles. The predicted molar refractivity (Wildman–Crippen MR) is 118 cm³/mol. The summed E-state index contributed by atoms with van der Waals surface area (Å²) in [5.41, 5.74) is 1.69. The molecule has 1 aromatic heterocycles. The molecule has 1 saturated heterocycles. The van der Waals surface area contributed by atoms with Gasteiger partial charge in [-0.15, -0.1) is 0 Å². The first kappa shape index (κ1) is 21.8. The second-order valence-corrected chi connectivity index (χ2v) is 7.89. The van der Waals surface area contributed by atoms with Crippen LogP contribution >= 0.6 is 0 Å². The molecule has 1 aliphatic rings. The van der Waals surface area contributed by atoms with Gasteiger partial charge in [0.05, 0.1) is 19.3 Å². The van der Waals surface area contributed by atoms with Gasteiger partial charge in [-0.1, -0.05) is 12.1 Å². The maximum absolute atomic E-state index is 12.1. The highest BCUT2D eigenvalue weighted by molar-refractivity contribution is 5.93. The molecule has 1 atom stereocenters. The molecule has 162 valence electrons. The van der Waals surface area contributed by atoms with E-state index in [-0.39, 0.29) is 5.91 Å². The third-order valence-electron chi connectivity index (χ3n) is 5.26. The highest BCUT2D eigenvalue weighted by atomic mass is 16.3. The lowest BCUT2D eigenvalue weighted by Gasteiger charge is -2.26. The van der Waals surface area contributed by atoms with E-state index in [1.807, 2.05) is 43.1 Å². The fraction of sp³-hybridized carbons (Fsp3) is 0.500. The van der Waals surface area contributed by atoms with Crippen LogP contribution in [0.2, 0.25) is 0 Å². The van der Waals surface area contributed by atoms with E-state index >= 15 is 0 Å². The van der Waals surface area contributed by atoms with Gasteiger partial charge in [0.15, 0.2) is 5.96 Å². The topological polar surface area (TPSA) is 94.8 Å². The molecular formula is C22H32N6O2. The van der Waals surface area contributed by atoms with Crippen LogP contribution in [-0.2, 0) is 24.0 Å². The summed E-state index contributed by atoms with van der Waals surface area (Å²) in [6.07, 6.45) is 6.14. The van der Waals surface area contributed by atoms with Crippen LogP contribution in [0.25, 0.3) is 0 Å². The number of guanidine groups is 1. The Kier molecular flexibility index (Phi) is 7.10. The average Bonchev–Trinajstić information content (AvgIpc) is 3.18. The van der Waals surface area contributed by atoms with Crippen LogP contribution in [0.5, 0.6) is 0 Å². The number of hydrogen-bond acceptors (Lipinski definition) is 4. The molecule has 0 radical (unpaired) electrons. The van der Waals surface area contributed by atoms with Crippen LogP contribution in [0.3, 0.4) is 0 Å². The highest BCUT2D eigenvalue weighted by Gasteiger charge is 2.25. The second-order valence-electron chi connectivity index (χ2n) is 7.89. The van der Waals surface area contributed by atoms with E-state index in [1.54, 1.807) is 24.0 Å². The van der Waals surface area contributed by atoms with Crippen molar-refractivity contribution in [3.8, 4) is 0 Å². The number of benzene rings is 1. The molecule has 1 amide bonds. The lowest BCUT2D eigenvalue weighted by molar-refractivity contribution is -0.119. The third kappa shape index (κ3) is 5.60. The predicted octanol–water partition coefficient (Wildman–Crippen LogP) is 1.90.